The fraction of sp³-hybridized carbons (Fsp3) is 0. The van der Waals surface area contributed by atoms with Crippen molar-refractivity contribution in [1.82, 2.24) is 4.98 Å². The van der Waals surface area contributed by atoms with E-state index < -0.39 is 10.7 Å². The van der Waals surface area contributed by atoms with Crippen LogP contribution in [0.3, 0.4) is 0 Å². The van der Waals surface area contributed by atoms with E-state index in [-0.39, 0.29) is 16.2 Å². The third-order valence-corrected chi connectivity index (χ3v) is 3.47. The monoisotopic (exact) mass is 317 g/mol. The van der Waals surface area contributed by atoms with Crippen molar-refractivity contribution in [2.24, 2.45) is 0 Å². The second-order valence-corrected chi connectivity index (χ2v) is 4.95. The molecule has 0 atom stereocenters. The summed E-state index contributed by atoms with van der Waals surface area (Å²) in [5, 5.41) is 14.6. The molecule has 0 radical (unpaired) electrons. The average Bonchev–Trinajstić information content (AvgIpc) is 2.50. The highest BCUT2D eigenvalue weighted by atomic mass is 35.5. The van der Waals surface area contributed by atoms with Gasteiger partial charge in [0.2, 0.25) is 0 Å². The summed E-state index contributed by atoms with van der Waals surface area (Å²) in [6.07, 6.45) is 1.48. The summed E-state index contributed by atoms with van der Waals surface area (Å²) >= 11 is 6.05. The van der Waals surface area contributed by atoms with Crippen molar-refractivity contribution in [3.05, 3.63) is 69.6 Å². The van der Waals surface area contributed by atoms with E-state index >= 15 is 0 Å². The number of nitrogens with zero attached hydrogens (tertiary/aromatic N) is 2. The SMILES string of the molecule is O=[N+]([O-])c1ccc(Nc2ccnc3c(F)cccc23)c(Cl)c1. The summed E-state index contributed by atoms with van der Waals surface area (Å²) in [5.74, 6) is -0.420. The van der Waals surface area contributed by atoms with Gasteiger partial charge in [-0.3, -0.25) is 15.1 Å². The van der Waals surface area contributed by atoms with Crippen molar-refractivity contribution in [2.75, 3.05) is 5.32 Å². The molecular weight excluding hydrogens is 309 g/mol. The van der Waals surface area contributed by atoms with Crippen LogP contribution in [0.2, 0.25) is 5.02 Å². The number of hydrogen-bond acceptors (Lipinski definition) is 4. The Labute approximate surface area is 129 Å². The summed E-state index contributed by atoms with van der Waals surface area (Å²) in [6.45, 7) is 0. The predicted octanol–water partition coefficient (Wildman–Crippen LogP) is 4.68. The largest absolute Gasteiger partial charge is 0.354 e. The van der Waals surface area contributed by atoms with Gasteiger partial charge in [0, 0.05) is 29.4 Å². The Morgan fingerprint density at radius 2 is 2.00 bits per heavy atom. The number of pyridine rings is 1. The summed E-state index contributed by atoms with van der Waals surface area (Å²) < 4.78 is 13.7. The number of hydrogen-bond donors (Lipinski definition) is 1. The number of non-ortho nitro benzene ring substituents is 1. The zero-order valence-electron chi connectivity index (χ0n) is 11.1. The van der Waals surface area contributed by atoms with E-state index in [4.69, 9.17) is 11.6 Å². The van der Waals surface area contributed by atoms with E-state index in [2.05, 4.69) is 10.3 Å². The van der Waals surface area contributed by atoms with E-state index in [9.17, 15) is 14.5 Å². The van der Waals surface area contributed by atoms with Crippen LogP contribution >= 0.6 is 11.6 Å². The molecule has 0 aliphatic heterocycles. The Kier molecular flexibility index (Phi) is 3.60. The lowest BCUT2D eigenvalue weighted by atomic mass is 10.1. The average molecular weight is 318 g/mol. The topological polar surface area (TPSA) is 68.1 Å². The van der Waals surface area contributed by atoms with Crippen molar-refractivity contribution in [3.8, 4) is 0 Å². The standard InChI is InChI=1S/C15H9ClFN3O2/c16-11-8-9(20(21)22)4-5-14(11)19-13-6-7-18-15-10(13)2-1-3-12(15)17/h1-8H,(H,18,19). The van der Waals surface area contributed by atoms with Crippen LogP contribution in [0.5, 0.6) is 0 Å². The number of anilines is 2. The molecule has 0 unspecified atom stereocenters. The van der Waals surface area contributed by atoms with E-state index in [0.29, 0.717) is 16.8 Å². The molecule has 0 bridgehead atoms. The number of nitro benzene ring substituents is 1. The molecule has 0 saturated heterocycles. The van der Waals surface area contributed by atoms with Crippen LogP contribution in [0.15, 0.2) is 48.7 Å². The number of rotatable bonds is 3. The van der Waals surface area contributed by atoms with Gasteiger partial charge in [0.15, 0.2) is 0 Å². The van der Waals surface area contributed by atoms with E-state index in [0.717, 1.165) is 0 Å². The number of fused-ring (bicyclic) bond motifs is 1. The molecule has 0 spiro atoms. The third-order valence-electron chi connectivity index (χ3n) is 3.15. The van der Waals surface area contributed by atoms with Gasteiger partial charge in [0.1, 0.15) is 11.3 Å². The van der Waals surface area contributed by atoms with Crippen molar-refractivity contribution >= 4 is 39.6 Å². The zero-order chi connectivity index (χ0) is 15.7. The molecule has 110 valence electrons. The molecule has 3 rings (SSSR count). The molecule has 0 amide bonds. The van der Waals surface area contributed by atoms with E-state index in [1.165, 1.54) is 30.5 Å². The molecule has 0 saturated carbocycles. The molecule has 0 fully saturated rings. The van der Waals surface area contributed by atoms with Crippen LogP contribution in [0.4, 0.5) is 21.5 Å². The smallest absolute Gasteiger partial charge is 0.271 e. The van der Waals surface area contributed by atoms with E-state index in [1.54, 1.807) is 18.2 Å². The van der Waals surface area contributed by atoms with Crippen molar-refractivity contribution in [2.45, 2.75) is 0 Å². The van der Waals surface area contributed by atoms with Crippen molar-refractivity contribution in [3.63, 3.8) is 0 Å². The van der Waals surface area contributed by atoms with Crippen LogP contribution < -0.4 is 5.32 Å². The second kappa shape index (κ2) is 5.57. The Morgan fingerprint density at radius 1 is 1.18 bits per heavy atom. The molecule has 7 heteroatoms. The van der Waals surface area contributed by atoms with Gasteiger partial charge in [-0.1, -0.05) is 23.7 Å². The molecule has 0 aliphatic rings. The summed E-state index contributed by atoms with van der Waals surface area (Å²) in [4.78, 5) is 14.2. The van der Waals surface area contributed by atoms with Crippen LogP contribution in [0.25, 0.3) is 10.9 Å². The van der Waals surface area contributed by atoms with Gasteiger partial charge < -0.3 is 5.32 Å². The second-order valence-electron chi connectivity index (χ2n) is 4.54. The first-order valence-electron chi connectivity index (χ1n) is 6.30. The zero-order valence-corrected chi connectivity index (χ0v) is 11.8. The maximum absolute atomic E-state index is 13.7. The minimum atomic E-state index is -0.521. The Bertz CT molecular complexity index is 886. The molecular formula is C15H9ClFN3O2. The Morgan fingerprint density at radius 3 is 2.73 bits per heavy atom. The minimum absolute atomic E-state index is 0.0961. The first-order valence-corrected chi connectivity index (χ1v) is 6.68. The predicted molar refractivity (Wildman–Crippen MR) is 83.1 cm³/mol. The van der Waals surface area contributed by atoms with Crippen molar-refractivity contribution in [1.29, 1.82) is 0 Å². The molecule has 22 heavy (non-hydrogen) atoms. The van der Waals surface area contributed by atoms with Gasteiger partial charge in [0.05, 0.1) is 15.6 Å². The molecule has 2 aromatic carbocycles. The Hall–Kier alpha value is -2.73. The van der Waals surface area contributed by atoms with Crippen molar-refractivity contribution < 1.29 is 9.31 Å². The first kappa shape index (κ1) is 14.2. The number of para-hydroxylation sites is 1. The van der Waals surface area contributed by atoms with Gasteiger partial charge in [-0.15, -0.1) is 0 Å². The molecule has 0 aliphatic carbocycles. The van der Waals surface area contributed by atoms with Gasteiger partial charge in [-0.2, -0.15) is 0 Å². The fourth-order valence-electron chi connectivity index (χ4n) is 2.11. The molecule has 1 heterocycles. The summed E-state index contributed by atoms with van der Waals surface area (Å²) in [7, 11) is 0. The number of halogens is 2. The maximum atomic E-state index is 13.7. The van der Waals surface area contributed by atoms with E-state index in [1.807, 2.05) is 0 Å². The van der Waals surface area contributed by atoms with Crippen LogP contribution in [-0.2, 0) is 0 Å². The van der Waals surface area contributed by atoms with Crippen LogP contribution in [0.1, 0.15) is 0 Å². The number of nitrogens with one attached hydrogen (secondary N) is 1. The first-order chi connectivity index (χ1) is 10.6. The summed E-state index contributed by atoms with van der Waals surface area (Å²) in [6, 6.07) is 10.4. The van der Waals surface area contributed by atoms with Gasteiger partial charge >= 0.3 is 0 Å². The molecule has 5 nitrogen and oxygen atoms in total. The number of aromatic nitrogens is 1. The van der Waals surface area contributed by atoms with Crippen LogP contribution in [-0.4, -0.2) is 9.91 Å². The number of nitro groups is 1. The van der Waals surface area contributed by atoms with Gasteiger partial charge in [-0.05, 0) is 18.2 Å². The summed E-state index contributed by atoms with van der Waals surface area (Å²) in [5.41, 5.74) is 1.25. The highest BCUT2D eigenvalue weighted by molar-refractivity contribution is 6.33. The lowest BCUT2D eigenvalue weighted by Gasteiger charge is -2.11. The van der Waals surface area contributed by atoms with Gasteiger partial charge in [-0.25, -0.2) is 4.39 Å². The highest BCUT2D eigenvalue weighted by Gasteiger charge is 2.11. The highest BCUT2D eigenvalue weighted by Crippen LogP contribution is 2.32. The normalized spacial score (nSPS) is 10.6. The third kappa shape index (κ3) is 2.56. The maximum Gasteiger partial charge on any atom is 0.271 e. The number of benzene rings is 2. The van der Waals surface area contributed by atoms with Crippen LogP contribution in [0, 0.1) is 15.9 Å². The molecule has 1 aromatic heterocycles. The Balaban J connectivity index is 2.04. The van der Waals surface area contributed by atoms with Gasteiger partial charge in [0.25, 0.3) is 5.69 Å². The quantitative estimate of drug-likeness (QED) is 0.562. The lowest BCUT2D eigenvalue weighted by Crippen LogP contribution is -1.95. The lowest BCUT2D eigenvalue weighted by molar-refractivity contribution is -0.384. The minimum Gasteiger partial charge on any atom is -0.354 e. The molecule has 1 N–H and O–H groups in total. The fourth-order valence-corrected chi connectivity index (χ4v) is 2.34. The molecule has 3 aromatic rings.